The minimum absolute atomic E-state index is 0.605. The number of aryl methyl sites for hydroxylation is 1. The summed E-state index contributed by atoms with van der Waals surface area (Å²) in [7, 11) is 0. The molecule has 2 heteroatoms. The third-order valence-corrected chi connectivity index (χ3v) is 2.43. The maximum atomic E-state index is 5.81. The van der Waals surface area contributed by atoms with Gasteiger partial charge in [-0.2, -0.15) is 0 Å². The average molecular weight is 214 g/mol. The van der Waals surface area contributed by atoms with Crippen molar-refractivity contribution in [2.45, 2.75) is 13.8 Å². The number of allylic oxidation sites excluding steroid dienone is 5. The van der Waals surface area contributed by atoms with Crippen molar-refractivity contribution in [3.05, 3.63) is 54.1 Å². The van der Waals surface area contributed by atoms with Gasteiger partial charge in [-0.3, -0.25) is 0 Å². The van der Waals surface area contributed by atoms with Crippen LogP contribution in [0.3, 0.4) is 0 Å². The number of benzene rings is 1. The second kappa shape index (κ2) is 5.21. The molecule has 0 saturated carbocycles. The molecule has 0 heterocycles. The van der Waals surface area contributed by atoms with E-state index < -0.39 is 0 Å². The molecule has 0 aromatic heterocycles. The summed E-state index contributed by atoms with van der Waals surface area (Å²) in [4.78, 5) is 0. The van der Waals surface area contributed by atoms with Crippen molar-refractivity contribution in [1.29, 1.82) is 0 Å². The van der Waals surface area contributed by atoms with Gasteiger partial charge in [0.15, 0.2) is 0 Å². The average Bonchev–Trinajstić information content (AvgIpc) is 2.26. The van der Waals surface area contributed by atoms with Crippen molar-refractivity contribution in [2.75, 3.05) is 11.5 Å². The monoisotopic (exact) mass is 214 g/mol. The molecule has 1 aromatic carbocycles. The van der Waals surface area contributed by atoms with E-state index in [1.165, 1.54) is 0 Å². The van der Waals surface area contributed by atoms with E-state index in [1.54, 1.807) is 0 Å². The van der Waals surface area contributed by atoms with Crippen LogP contribution in [0.25, 0.3) is 5.57 Å². The second-order valence-corrected chi connectivity index (χ2v) is 3.65. The first-order chi connectivity index (χ1) is 7.60. The Morgan fingerprint density at radius 3 is 2.44 bits per heavy atom. The lowest BCUT2D eigenvalue weighted by molar-refractivity contribution is 1.43. The van der Waals surface area contributed by atoms with Crippen molar-refractivity contribution >= 4 is 16.9 Å². The molecule has 0 atom stereocenters. The number of hydrogen-bond donors (Lipinski definition) is 2. The Morgan fingerprint density at radius 1 is 1.25 bits per heavy atom. The van der Waals surface area contributed by atoms with Gasteiger partial charge in [0.2, 0.25) is 0 Å². The molecule has 0 aliphatic heterocycles. The number of nitrogens with two attached hydrogens (primary N) is 2. The van der Waals surface area contributed by atoms with Gasteiger partial charge in [0.05, 0.1) is 11.4 Å². The van der Waals surface area contributed by atoms with Crippen LogP contribution in [-0.2, 0) is 0 Å². The highest BCUT2D eigenvalue weighted by Crippen LogP contribution is 2.26. The molecule has 84 valence electrons. The van der Waals surface area contributed by atoms with Gasteiger partial charge in [0.25, 0.3) is 0 Å². The van der Waals surface area contributed by atoms with Crippen LogP contribution in [0.2, 0.25) is 0 Å². The molecule has 2 nitrogen and oxygen atoms in total. The molecule has 1 rings (SSSR count). The van der Waals surface area contributed by atoms with Crippen LogP contribution in [0.4, 0.5) is 11.4 Å². The minimum atomic E-state index is 0.605. The van der Waals surface area contributed by atoms with E-state index in [9.17, 15) is 0 Å². The maximum Gasteiger partial charge on any atom is 0.0554 e. The molecule has 0 fully saturated rings. The molecule has 0 aliphatic carbocycles. The highest BCUT2D eigenvalue weighted by atomic mass is 14.7. The Morgan fingerprint density at radius 2 is 1.88 bits per heavy atom. The van der Waals surface area contributed by atoms with Crippen LogP contribution in [0.5, 0.6) is 0 Å². The first-order valence-electron chi connectivity index (χ1n) is 5.21. The molecule has 0 radical (unpaired) electrons. The van der Waals surface area contributed by atoms with Gasteiger partial charge in [-0.1, -0.05) is 30.9 Å². The highest BCUT2D eigenvalue weighted by molar-refractivity contribution is 5.81. The first-order valence-corrected chi connectivity index (χ1v) is 5.21. The van der Waals surface area contributed by atoms with Crippen LogP contribution in [0.15, 0.2) is 43.0 Å². The van der Waals surface area contributed by atoms with E-state index in [0.29, 0.717) is 11.4 Å². The Kier molecular flexibility index (Phi) is 3.95. The molecule has 0 saturated heterocycles. The minimum Gasteiger partial charge on any atom is -0.397 e. The third-order valence-electron chi connectivity index (χ3n) is 2.43. The Bertz CT molecular complexity index is 454. The fourth-order valence-corrected chi connectivity index (χ4v) is 1.53. The normalized spacial score (nSPS) is 12.0. The van der Waals surface area contributed by atoms with Crippen molar-refractivity contribution in [2.24, 2.45) is 0 Å². The highest BCUT2D eigenvalue weighted by Gasteiger charge is 2.04. The Labute approximate surface area is 97.0 Å². The molecule has 16 heavy (non-hydrogen) atoms. The van der Waals surface area contributed by atoms with Crippen molar-refractivity contribution < 1.29 is 0 Å². The fourth-order valence-electron chi connectivity index (χ4n) is 1.53. The van der Waals surface area contributed by atoms with E-state index in [2.05, 4.69) is 6.58 Å². The lowest BCUT2D eigenvalue weighted by Crippen LogP contribution is -1.98. The van der Waals surface area contributed by atoms with Gasteiger partial charge in [-0.05, 0) is 42.7 Å². The van der Waals surface area contributed by atoms with Crippen LogP contribution < -0.4 is 11.5 Å². The summed E-state index contributed by atoms with van der Waals surface area (Å²) < 4.78 is 0. The summed E-state index contributed by atoms with van der Waals surface area (Å²) in [5, 5.41) is 0. The molecule has 0 amide bonds. The summed E-state index contributed by atoms with van der Waals surface area (Å²) in [6.07, 6.45) is 7.77. The van der Waals surface area contributed by atoms with E-state index in [0.717, 1.165) is 16.7 Å². The summed E-state index contributed by atoms with van der Waals surface area (Å²) >= 11 is 0. The first kappa shape index (κ1) is 12.1. The van der Waals surface area contributed by atoms with Crippen molar-refractivity contribution in [3.8, 4) is 0 Å². The second-order valence-electron chi connectivity index (χ2n) is 3.65. The van der Waals surface area contributed by atoms with Crippen LogP contribution >= 0.6 is 0 Å². The molecule has 0 spiro atoms. The summed E-state index contributed by atoms with van der Waals surface area (Å²) in [5.41, 5.74) is 16.0. The maximum absolute atomic E-state index is 5.81. The molecular weight excluding hydrogens is 196 g/mol. The standard InChI is InChI=1S/C14H18N2/c1-4-6-7-11(5-2)12-9-14(16)13(15)8-10(12)3/h4-9H,2,15-16H2,1,3H3/b6-4-,11-7+. The van der Waals surface area contributed by atoms with E-state index >= 15 is 0 Å². The quantitative estimate of drug-likeness (QED) is 0.599. The molecule has 1 aromatic rings. The van der Waals surface area contributed by atoms with Gasteiger partial charge in [-0.15, -0.1) is 0 Å². The van der Waals surface area contributed by atoms with Gasteiger partial charge < -0.3 is 11.5 Å². The van der Waals surface area contributed by atoms with Gasteiger partial charge >= 0.3 is 0 Å². The van der Waals surface area contributed by atoms with Gasteiger partial charge in [0.1, 0.15) is 0 Å². The smallest absolute Gasteiger partial charge is 0.0554 e. The van der Waals surface area contributed by atoms with Crippen molar-refractivity contribution in [1.82, 2.24) is 0 Å². The van der Waals surface area contributed by atoms with E-state index in [-0.39, 0.29) is 0 Å². The summed E-state index contributed by atoms with van der Waals surface area (Å²) in [6, 6.07) is 3.78. The zero-order valence-corrected chi connectivity index (χ0v) is 9.83. The number of nitrogen functional groups attached to an aromatic ring is 2. The van der Waals surface area contributed by atoms with Crippen molar-refractivity contribution in [3.63, 3.8) is 0 Å². The molecule has 0 unspecified atom stereocenters. The summed E-state index contributed by atoms with van der Waals surface area (Å²) in [6.45, 7) is 7.79. The van der Waals surface area contributed by atoms with E-state index in [1.807, 2.05) is 50.3 Å². The molecule has 4 N–H and O–H groups in total. The number of anilines is 2. The summed E-state index contributed by atoms with van der Waals surface area (Å²) in [5.74, 6) is 0. The Balaban J connectivity index is 3.31. The number of hydrogen-bond acceptors (Lipinski definition) is 2. The van der Waals surface area contributed by atoms with Gasteiger partial charge in [-0.25, -0.2) is 0 Å². The van der Waals surface area contributed by atoms with Crippen LogP contribution in [-0.4, -0.2) is 0 Å². The van der Waals surface area contributed by atoms with Gasteiger partial charge in [0, 0.05) is 0 Å². The topological polar surface area (TPSA) is 52.0 Å². The van der Waals surface area contributed by atoms with Crippen LogP contribution in [0, 0.1) is 6.92 Å². The molecular formula is C14H18N2. The van der Waals surface area contributed by atoms with E-state index in [4.69, 9.17) is 11.5 Å². The lowest BCUT2D eigenvalue weighted by atomic mass is 9.98. The Hall–Kier alpha value is -1.96. The zero-order chi connectivity index (χ0) is 12.1. The fraction of sp³-hybridized carbons (Fsp3) is 0.143. The predicted octanol–water partition coefficient (Wildman–Crippen LogP) is 3.30. The lowest BCUT2D eigenvalue weighted by Gasteiger charge is -2.10. The van der Waals surface area contributed by atoms with Crippen LogP contribution in [0.1, 0.15) is 18.1 Å². The predicted molar refractivity (Wildman–Crippen MR) is 73.0 cm³/mol. The zero-order valence-electron chi connectivity index (χ0n) is 9.83. The molecule has 0 bridgehead atoms. The third kappa shape index (κ3) is 2.54. The molecule has 0 aliphatic rings. The largest absolute Gasteiger partial charge is 0.397 e. The SMILES string of the molecule is C=C/C(=C\C=C/C)c1cc(N)c(N)cc1C. The number of rotatable bonds is 3.